The summed E-state index contributed by atoms with van der Waals surface area (Å²) in [5, 5.41) is 0. The van der Waals surface area contributed by atoms with Gasteiger partial charge in [0.25, 0.3) is 0 Å². The normalized spacial score (nSPS) is 8.62. The fourth-order valence-electron chi connectivity index (χ4n) is 0. The Morgan fingerprint density at radius 1 is 1.38 bits per heavy atom. The van der Waals surface area contributed by atoms with Gasteiger partial charge >= 0.3 is 43.1 Å². The van der Waals surface area contributed by atoms with Crippen molar-refractivity contribution in [3.8, 4) is 0 Å². The van der Waals surface area contributed by atoms with Crippen molar-refractivity contribution in [1.82, 2.24) is 0 Å². The van der Waals surface area contributed by atoms with E-state index in [2.05, 4.69) is 6.92 Å². The molecule has 5 heteroatoms. The van der Waals surface area contributed by atoms with Gasteiger partial charge in [-0.1, -0.05) is 19.4 Å². The molecule has 52 valence electrons. The molecule has 0 spiro atoms. The van der Waals surface area contributed by atoms with Gasteiger partial charge in [0.05, 0.1) is 0 Å². The summed E-state index contributed by atoms with van der Waals surface area (Å²) in [6.07, 6.45) is 1.38. The molecular formula is C3H11Cl3SiSn. The van der Waals surface area contributed by atoms with Gasteiger partial charge in [0.15, 0.2) is 0 Å². The average Bonchev–Trinajstić information content (AvgIpc) is 1.65. The maximum absolute atomic E-state index is 5.02. The number of halogens is 3. The molecule has 0 N–H and O–H groups in total. The number of hydrogen-bond acceptors (Lipinski definition) is 0. The first kappa shape index (κ1) is 12.6. The molecule has 0 aliphatic heterocycles. The van der Waals surface area contributed by atoms with E-state index in [1.165, 1.54) is 22.7 Å². The molecule has 0 nitrogen and oxygen atoms in total. The molecule has 0 aromatic carbocycles. The Hall–Kier alpha value is 1.89. The van der Waals surface area contributed by atoms with Crippen LogP contribution in [0.15, 0.2) is 0 Å². The van der Waals surface area contributed by atoms with Crippen molar-refractivity contribution in [3.05, 3.63) is 0 Å². The van der Waals surface area contributed by atoms with Crippen molar-refractivity contribution in [3.63, 3.8) is 0 Å². The second-order valence-corrected chi connectivity index (χ2v) is 16.9. The predicted octanol–water partition coefficient (Wildman–Crippen LogP) is 1.60. The van der Waals surface area contributed by atoms with Crippen LogP contribution in [0.1, 0.15) is 13.3 Å². The van der Waals surface area contributed by atoms with Crippen LogP contribution in [0.3, 0.4) is 0 Å². The molecule has 0 aromatic heterocycles. The van der Waals surface area contributed by atoms with E-state index >= 15 is 0 Å². The second kappa shape index (κ2) is 11.7. The molecule has 0 rings (SSSR count). The van der Waals surface area contributed by atoms with Crippen molar-refractivity contribution >= 4 is 53.4 Å². The summed E-state index contributed by atoms with van der Waals surface area (Å²) in [6.45, 7) is 2.22. The van der Waals surface area contributed by atoms with Gasteiger partial charge in [-0.3, -0.25) is 0 Å². The molecule has 0 heterocycles. The zero-order valence-electron chi connectivity index (χ0n) is 5.13. The first-order chi connectivity index (χ1) is 3.65. The Balaban J connectivity index is 0. The van der Waals surface area contributed by atoms with E-state index in [0.717, 1.165) is 0 Å². The van der Waals surface area contributed by atoms with Crippen LogP contribution in [0, 0.1) is 0 Å². The van der Waals surface area contributed by atoms with Gasteiger partial charge in [-0.25, -0.2) is 0 Å². The molecular weight excluding hydrogens is 289 g/mol. The van der Waals surface area contributed by atoms with Crippen LogP contribution < -0.4 is 0 Å². The molecule has 0 aliphatic rings. The second-order valence-electron chi connectivity index (χ2n) is 1.25. The summed E-state index contributed by atoms with van der Waals surface area (Å²) < 4.78 is 0. The Morgan fingerprint density at radius 2 is 1.50 bits per heavy atom. The fourth-order valence-corrected chi connectivity index (χ4v) is 0. The first-order valence-corrected chi connectivity index (χ1v) is 16.5. The van der Waals surface area contributed by atoms with Gasteiger partial charge in [0.2, 0.25) is 0 Å². The fraction of sp³-hybridized carbons (Fsp3) is 1.00. The molecule has 0 aliphatic carbocycles. The monoisotopic (exact) mass is 300 g/mol. The number of rotatable bonds is 1. The third kappa shape index (κ3) is 44.9. The van der Waals surface area contributed by atoms with Crippen LogP contribution in [0.2, 0.25) is 6.04 Å². The summed E-state index contributed by atoms with van der Waals surface area (Å²) in [4.78, 5) is 0. The van der Waals surface area contributed by atoms with E-state index in [-0.39, 0.29) is 0 Å². The Labute approximate surface area is 72.2 Å². The van der Waals surface area contributed by atoms with E-state index in [9.17, 15) is 0 Å². The van der Waals surface area contributed by atoms with Crippen LogP contribution in [0.25, 0.3) is 0 Å². The average molecular weight is 300 g/mol. The summed E-state index contributed by atoms with van der Waals surface area (Å²) in [5.74, 6) is 0. The zero-order chi connectivity index (χ0) is 6.99. The van der Waals surface area contributed by atoms with Crippen molar-refractivity contribution < 1.29 is 0 Å². The quantitative estimate of drug-likeness (QED) is 0.645. The third-order valence-electron chi connectivity index (χ3n) is 0.500. The molecule has 0 amide bonds. The predicted molar refractivity (Wildman–Crippen MR) is 49.7 cm³/mol. The maximum atomic E-state index is 5.02. The molecule has 0 saturated carbocycles. The van der Waals surface area contributed by atoms with E-state index < -0.39 is 16.4 Å². The van der Waals surface area contributed by atoms with E-state index in [4.69, 9.17) is 26.8 Å². The molecule has 0 bridgehead atoms. The molecule has 0 radical (unpaired) electrons. The summed E-state index contributed by atoms with van der Waals surface area (Å²) >= 11 is -2.22. The zero-order valence-corrected chi connectivity index (χ0v) is 12.7. The molecule has 8 heavy (non-hydrogen) atoms. The summed E-state index contributed by atoms with van der Waals surface area (Å²) in [6, 6.07) is 1.46. The van der Waals surface area contributed by atoms with Crippen LogP contribution >= 0.6 is 26.8 Å². The Bertz CT molecular complexity index is 31.0. The standard InChI is InChI=1S/C3H10Si.3ClH.Sn.H/c1-2-3-4;;;;;/h2-3H2,1,4H3;3*1H;;/q;;;;+3;/p-3. The van der Waals surface area contributed by atoms with Crippen LogP contribution in [0.5, 0.6) is 0 Å². The van der Waals surface area contributed by atoms with Gasteiger partial charge in [-0.05, 0) is 0 Å². The van der Waals surface area contributed by atoms with Gasteiger partial charge in [-0.15, -0.1) is 0 Å². The third-order valence-corrected chi connectivity index (χ3v) is 1.50. The van der Waals surface area contributed by atoms with Crippen molar-refractivity contribution in [2.75, 3.05) is 0 Å². The minimum atomic E-state index is -2.22. The molecule has 0 aromatic rings. The molecule has 0 saturated heterocycles. The molecule has 0 unspecified atom stereocenters. The topological polar surface area (TPSA) is 0 Å². The van der Waals surface area contributed by atoms with Gasteiger partial charge in [0, 0.05) is 10.2 Å². The van der Waals surface area contributed by atoms with E-state index in [1.807, 2.05) is 0 Å². The first-order valence-electron chi connectivity index (χ1n) is 2.57. The minimum absolute atomic E-state index is 1.38. The number of hydrogen-bond donors (Lipinski definition) is 0. The van der Waals surface area contributed by atoms with Crippen LogP contribution in [-0.4, -0.2) is 26.6 Å². The summed E-state index contributed by atoms with van der Waals surface area (Å²) in [5.41, 5.74) is 0. The Morgan fingerprint density at radius 3 is 1.50 bits per heavy atom. The molecule has 0 fully saturated rings. The van der Waals surface area contributed by atoms with E-state index in [1.54, 1.807) is 0 Å². The van der Waals surface area contributed by atoms with Crippen molar-refractivity contribution in [2.45, 2.75) is 19.4 Å². The van der Waals surface area contributed by atoms with Gasteiger partial charge < -0.3 is 0 Å². The van der Waals surface area contributed by atoms with Crippen molar-refractivity contribution in [2.24, 2.45) is 0 Å². The summed E-state index contributed by atoms with van der Waals surface area (Å²) in [7, 11) is 16.4. The van der Waals surface area contributed by atoms with Gasteiger partial charge in [-0.2, -0.15) is 0 Å². The van der Waals surface area contributed by atoms with Crippen LogP contribution in [0.4, 0.5) is 0 Å². The van der Waals surface area contributed by atoms with Crippen LogP contribution in [-0.2, 0) is 0 Å². The SMILES string of the molecule is CCC[SiH3].[Cl][SnH]([Cl])[Cl]. The Kier molecular flexibility index (Phi) is 18.3. The van der Waals surface area contributed by atoms with Crippen molar-refractivity contribution in [1.29, 1.82) is 0 Å². The van der Waals surface area contributed by atoms with Gasteiger partial charge in [0.1, 0.15) is 0 Å². The van der Waals surface area contributed by atoms with E-state index in [0.29, 0.717) is 0 Å². The molecule has 0 atom stereocenters.